The standard InChI is InChI=1S/C15H14N2OS/c1-9-8-18-14-11(9)4-3-5-12(14)13-10(2)19-15-16-6-7-17(13)15/h3-5,8H,6-7H2,1-2H3. The van der Waals surface area contributed by atoms with E-state index in [-0.39, 0.29) is 0 Å². The van der Waals surface area contributed by atoms with E-state index in [1.165, 1.54) is 27.1 Å². The Balaban J connectivity index is 1.96. The predicted molar refractivity (Wildman–Crippen MR) is 80.1 cm³/mol. The number of para-hydroxylation sites is 1. The third kappa shape index (κ3) is 1.49. The van der Waals surface area contributed by atoms with Crippen LogP contribution in [0.15, 0.2) is 38.8 Å². The number of furan rings is 1. The van der Waals surface area contributed by atoms with Crippen molar-refractivity contribution in [2.24, 2.45) is 4.99 Å². The van der Waals surface area contributed by atoms with Crippen LogP contribution in [0.25, 0.3) is 16.7 Å². The summed E-state index contributed by atoms with van der Waals surface area (Å²) in [4.78, 5) is 8.16. The van der Waals surface area contributed by atoms with Crippen LogP contribution in [0.4, 0.5) is 0 Å². The molecule has 1 aromatic heterocycles. The number of amidine groups is 1. The Morgan fingerprint density at radius 3 is 3.11 bits per heavy atom. The maximum Gasteiger partial charge on any atom is 0.168 e. The van der Waals surface area contributed by atoms with E-state index in [0.29, 0.717) is 0 Å². The molecule has 4 rings (SSSR count). The highest BCUT2D eigenvalue weighted by atomic mass is 32.2. The van der Waals surface area contributed by atoms with Gasteiger partial charge in [-0.1, -0.05) is 23.9 Å². The smallest absolute Gasteiger partial charge is 0.168 e. The number of aliphatic imine (C=N–C) groups is 1. The van der Waals surface area contributed by atoms with Crippen molar-refractivity contribution in [3.05, 3.63) is 40.5 Å². The molecule has 3 nitrogen and oxygen atoms in total. The summed E-state index contributed by atoms with van der Waals surface area (Å²) in [7, 11) is 0. The lowest BCUT2D eigenvalue weighted by atomic mass is 10.1. The van der Waals surface area contributed by atoms with Crippen molar-refractivity contribution in [3.63, 3.8) is 0 Å². The molecule has 96 valence electrons. The number of benzene rings is 1. The first-order valence-corrected chi connectivity index (χ1v) is 7.25. The molecule has 2 aromatic rings. The lowest BCUT2D eigenvalue weighted by molar-refractivity contribution is 0.605. The minimum absolute atomic E-state index is 0.895. The molecule has 0 spiro atoms. The fraction of sp³-hybridized carbons (Fsp3) is 0.267. The minimum atomic E-state index is 0.895. The number of rotatable bonds is 1. The van der Waals surface area contributed by atoms with Crippen LogP contribution in [0.3, 0.4) is 0 Å². The highest BCUT2D eigenvalue weighted by Crippen LogP contribution is 2.43. The molecule has 0 radical (unpaired) electrons. The molecular formula is C15H14N2OS. The van der Waals surface area contributed by atoms with E-state index in [4.69, 9.17) is 4.42 Å². The zero-order valence-electron chi connectivity index (χ0n) is 10.9. The molecule has 1 aromatic carbocycles. The highest BCUT2D eigenvalue weighted by Gasteiger charge is 2.32. The van der Waals surface area contributed by atoms with Gasteiger partial charge in [0, 0.05) is 22.4 Å². The summed E-state index contributed by atoms with van der Waals surface area (Å²) in [6.45, 7) is 6.12. The van der Waals surface area contributed by atoms with E-state index in [0.717, 1.165) is 23.8 Å². The number of hydrogen-bond donors (Lipinski definition) is 0. The number of nitrogens with zero attached hydrogens (tertiary/aromatic N) is 2. The molecular weight excluding hydrogens is 256 g/mol. The number of hydrogen-bond acceptors (Lipinski definition) is 4. The van der Waals surface area contributed by atoms with Crippen molar-refractivity contribution in [1.82, 2.24) is 4.90 Å². The lowest BCUT2D eigenvalue weighted by Gasteiger charge is -2.17. The molecule has 3 heterocycles. The fourth-order valence-corrected chi connectivity index (χ4v) is 3.84. The van der Waals surface area contributed by atoms with Crippen LogP contribution < -0.4 is 0 Å². The first-order valence-electron chi connectivity index (χ1n) is 6.43. The molecule has 0 amide bonds. The van der Waals surface area contributed by atoms with E-state index in [9.17, 15) is 0 Å². The van der Waals surface area contributed by atoms with Gasteiger partial charge >= 0.3 is 0 Å². The Bertz CT molecular complexity index is 742. The first kappa shape index (κ1) is 11.2. The van der Waals surface area contributed by atoms with Gasteiger partial charge < -0.3 is 9.32 Å². The van der Waals surface area contributed by atoms with Gasteiger partial charge in [0.25, 0.3) is 0 Å². The van der Waals surface area contributed by atoms with Gasteiger partial charge in [0.15, 0.2) is 5.17 Å². The Morgan fingerprint density at radius 2 is 2.21 bits per heavy atom. The summed E-state index contributed by atoms with van der Waals surface area (Å²) in [5.41, 5.74) is 4.63. The average molecular weight is 270 g/mol. The van der Waals surface area contributed by atoms with Crippen molar-refractivity contribution in [2.75, 3.05) is 13.1 Å². The van der Waals surface area contributed by atoms with Crippen molar-refractivity contribution in [1.29, 1.82) is 0 Å². The summed E-state index contributed by atoms with van der Waals surface area (Å²) >= 11 is 1.77. The zero-order chi connectivity index (χ0) is 13.0. The quantitative estimate of drug-likeness (QED) is 0.788. The second-order valence-corrected chi connectivity index (χ2v) is 6.11. The summed E-state index contributed by atoms with van der Waals surface area (Å²) in [6.07, 6.45) is 1.84. The van der Waals surface area contributed by atoms with Gasteiger partial charge in [0.1, 0.15) is 5.58 Å². The van der Waals surface area contributed by atoms with Crippen LogP contribution in [0.1, 0.15) is 18.1 Å². The van der Waals surface area contributed by atoms with Gasteiger partial charge in [-0.3, -0.25) is 4.99 Å². The highest BCUT2D eigenvalue weighted by molar-refractivity contribution is 8.17. The molecule has 2 aliphatic heterocycles. The van der Waals surface area contributed by atoms with Crippen LogP contribution in [-0.4, -0.2) is 23.2 Å². The topological polar surface area (TPSA) is 28.7 Å². The maximum atomic E-state index is 5.78. The molecule has 0 saturated carbocycles. The number of allylic oxidation sites excluding steroid dienone is 1. The number of aryl methyl sites for hydroxylation is 1. The van der Waals surface area contributed by atoms with E-state index in [1.807, 2.05) is 6.26 Å². The van der Waals surface area contributed by atoms with Gasteiger partial charge in [-0.05, 0) is 25.5 Å². The second kappa shape index (κ2) is 3.90. The molecule has 0 saturated heterocycles. The van der Waals surface area contributed by atoms with Crippen LogP contribution in [-0.2, 0) is 0 Å². The average Bonchev–Trinajstić information content (AvgIpc) is 3.05. The Hall–Kier alpha value is -1.68. The minimum Gasteiger partial charge on any atom is -0.463 e. The van der Waals surface area contributed by atoms with Crippen molar-refractivity contribution in [2.45, 2.75) is 13.8 Å². The van der Waals surface area contributed by atoms with E-state index >= 15 is 0 Å². The Kier molecular flexibility index (Phi) is 2.30. The van der Waals surface area contributed by atoms with Gasteiger partial charge in [0.2, 0.25) is 0 Å². The molecule has 0 atom stereocenters. The van der Waals surface area contributed by atoms with Crippen LogP contribution in [0.2, 0.25) is 0 Å². The molecule has 0 N–H and O–H groups in total. The van der Waals surface area contributed by atoms with Gasteiger partial charge in [0.05, 0.1) is 18.5 Å². The summed E-state index contributed by atoms with van der Waals surface area (Å²) < 4.78 is 5.78. The van der Waals surface area contributed by atoms with E-state index in [1.54, 1.807) is 11.8 Å². The van der Waals surface area contributed by atoms with Crippen molar-refractivity contribution in [3.8, 4) is 0 Å². The van der Waals surface area contributed by atoms with Crippen LogP contribution >= 0.6 is 11.8 Å². The van der Waals surface area contributed by atoms with Crippen LogP contribution in [0.5, 0.6) is 0 Å². The number of fused-ring (bicyclic) bond motifs is 2. The molecule has 0 fully saturated rings. The van der Waals surface area contributed by atoms with Crippen LogP contribution in [0, 0.1) is 6.92 Å². The zero-order valence-corrected chi connectivity index (χ0v) is 11.8. The third-order valence-corrected chi connectivity index (χ3v) is 4.73. The molecule has 0 aliphatic carbocycles. The summed E-state index contributed by atoms with van der Waals surface area (Å²) in [5, 5.41) is 2.33. The Morgan fingerprint density at radius 1 is 1.32 bits per heavy atom. The van der Waals surface area contributed by atoms with E-state index in [2.05, 4.69) is 41.9 Å². The molecule has 4 heteroatoms. The Labute approximate surface area is 116 Å². The van der Waals surface area contributed by atoms with Gasteiger partial charge in [-0.25, -0.2) is 0 Å². The summed E-state index contributed by atoms with van der Waals surface area (Å²) in [5.74, 6) is 0. The summed E-state index contributed by atoms with van der Waals surface area (Å²) in [6, 6.07) is 6.37. The predicted octanol–water partition coefficient (Wildman–Crippen LogP) is 3.85. The lowest BCUT2D eigenvalue weighted by Crippen LogP contribution is -2.20. The maximum absolute atomic E-state index is 5.78. The monoisotopic (exact) mass is 270 g/mol. The normalized spacial score (nSPS) is 18.4. The molecule has 0 unspecified atom stereocenters. The third-order valence-electron chi connectivity index (χ3n) is 3.70. The second-order valence-electron chi connectivity index (χ2n) is 4.92. The largest absolute Gasteiger partial charge is 0.463 e. The fourth-order valence-electron chi connectivity index (χ4n) is 2.80. The molecule has 0 bridgehead atoms. The van der Waals surface area contributed by atoms with Gasteiger partial charge in [-0.15, -0.1) is 0 Å². The SMILES string of the molecule is CC1=C(c2cccc3c(C)coc23)N2CCN=C2S1. The molecule has 19 heavy (non-hydrogen) atoms. The number of thioether (sulfide) groups is 1. The van der Waals surface area contributed by atoms with Gasteiger partial charge in [-0.2, -0.15) is 0 Å². The first-order chi connectivity index (χ1) is 9.25. The van der Waals surface area contributed by atoms with Crippen molar-refractivity contribution < 1.29 is 4.42 Å². The van der Waals surface area contributed by atoms with E-state index < -0.39 is 0 Å². The van der Waals surface area contributed by atoms with Crippen molar-refractivity contribution >= 4 is 33.6 Å². The molecule has 2 aliphatic rings.